The minimum Gasteiger partial charge on any atom is -0.305 e. The molecule has 0 saturated carbocycles. The topological polar surface area (TPSA) is 83.6 Å². The number of hydrogen-bond donors (Lipinski definition) is 2. The highest BCUT2D eigenvalue weighted by molar-refractivity contribution is 6.32. The highest BCUT2D eigenvalue weighted by atomic mass is 35.5. The number of rotatable bonds is 2. The number of benzene rings is 1. The van der Waals surface area contributed by atoms with Gasteiger partial charge in [0.25, 0.3) is 5.91 Å². The summed E-state index contributed by atoms with van der Waals surface area (Å²) in [5.41, 5.74) is 1.04. The van der Waals surface area contributed by atoms with Crippen molar-refractivity contribution in [3.05, 3.63) is 46.5 Å². The normalized spacial score (nSPS) is 10.7. The fraction of sp³-hybridized carbons (Fsp3) is 0. The first-order chi connectivity index (χ1) is 9.63. The molecular weight excluding hydrogens is 301 g/mol. The Hall–Kier alpha value is -2.18. The summed E-state index contributed by atoms with van der Waals surface area (Å²) in [6.07, 6.45) is 0. The molecule has 0 unspecified atom stereocenters. The molecule has 3 rings (SSSR count). The van der Waals surface area contributed by atoms with Crippen molar-refractivity contribution in [1.82, 2.24) is 20.2 Å². The van der Waals surface area contributed by atoms with Gasteiger partial charge >= 0.3 is 0 Å². The van der Waals surface area contributed by atoms with Crippen LogP contribution in [0.5, 0.6) is 0 Å². The van der Waals surface area contributed by atoms with Gasteiger partial charge in [0.2, 0.25) is 5.28 Å². The van der Waals surface area contributed by atoms with Crippen molar-refractivity contribution < 1.29 is 4.79 Å². The molecule has 3 aromatic rings. The van der Waals surface area contributed by atoms with Crippen LogP contribution in [-0.2, 0) is 0 Å². The lowest BCUT2D eigenvalue weighted by Gasteiger charge is -2.03. The molecule has 6 nitrogen and oxygen atoms in total. The predicted octanol–water partition coefficient (Wildman–Crippen LogP) is 2.91. The molecule has 8 heteroatoms. The molecule has 0 spiro atoms. The van der Waals surface area contributed by atoms with Crippen LogP contribution in [-0.4, -0.2) is 26.1 Å². The van der Waals surface area contributed by atoms with E-state index in [1.54, 1.807) is 6.07 Å². The molecule has 2 heterocycles. The number of amides is 1. The van der Waals surface area contributed by atoms with Crippen LogP contribution in [0.1, 0.15) is 10.5 Å². The van der Waals surface area contributed by atoms with Crippen LogP contribution in [0, 0.1) is 0 Å². The van der Waals surface area contributed by atoms with Gasteiger partial charge in [-0.2, -0.15) is 5.10 Å². The summed E-state index contributed by atoms with van der Waals surface area (Å²) in [6, 6.07) is 8.71. The van der Waals surface area contributed by atoms with Crippen LogP contribution in [0.25, 0.3) is 10.9 Å². The highest BCUT2D eigenvalue weighted by Gasteiger charge is 2.15. The van der Waals surface area contributed by atoms with Gasteiger partial charge in [-0.05, 0) is 17.7 Å². The average Bonchev–Trinajstić information content (AvgIpc) is 2.81. The Labute approximate surface area is 123 Å². The first-order valence-electron chi connectivity index (χ1n) is 5.58. The summed E-state index contributed by atoms with van der Waals surface area (Å²) in [6.45, 7) is 0. The highest BCUT2D eigenvalue weighted by Crippen LogP contribution is 2.18. The van der Waals surface area contributed by atoms with Crippen LogP contribution in [0.3, 0.4) is 0 Å². The molecule has 1 amide bonds. The summed E-state index contributed by atoms with van der Waals surface area (Å²) in [4.78, 5) is 19.7. The second kappa shape index (κ2) is 5.07. The molecule has 100 valence electrons. The maximum atomic E-state index is 12.2. The largest absolute Gasteiger partial charge is 0.305 e. The number of halogens is 2. The Morgan fingerprint density at radius 1 is 1.20 bits per heavy atom. The summed E-state index contributed by atoms with van der Waals surface area (Å²) >= 11 is 11.4. The van der Waals surface area contributed by atoms with Crippen molar-refractivity contribution in [1.29, 1.82) is 0 Å². The second-order valence-electron chi connectivity index (χ2n) is 3.92. The van der Waals surface area contributed by atoms with E-state index < -0.39 is 5.91 Å². The molecule has 0 saturated heterocycles. The van der Waals surface area contributed by atoms with E-state index in [2.05, 4.69) is 25.5 Å². The number of hydrogen-bond acceptors (Lipinski definition) is 4. The summed E-state index contributed by atoms with van der Waals surface area (Å²) < 4.78 is 0. The van der Waals surface area contributed by atoms with Gasteiger partial charge in [0, 0.05) is 11.5 Å². The van der Waals surface area contributed by atoms with E-state index in [9.17, 15) is 4.79 Å². The molecule has 0 atom stereocenters. The molecule has 2 aromatic heterocycles. The number of para-hydroxylation sites is 1. The molecular formula is C12H7Cl2N5O. The van der Waals surface area contributed by atoms with Gasteiger partial charge in [0.15, 0.2) is 5.69 Å². The van der Waals surface area contributed by atoms with E-state index in [-0.39, 0.29) is 21.9 Å². The third kappa shape index (κ3) is 2.43. The second-order valence-corrected chi connectivity index (χ2v) is 4.64. The number of H-pyrrole nitrogens is 1. The maximum Gasteiger partial charge on any atom is 0.277 e. The molecule has 0 aliphatic rings. The number of nitrogens with zero attached hydrogens (tertiary/aromatic N) is 3. The molecule has 1 aromatic carbocycles. The first-order valence-corrected chi connectivity index (χ1v) is 6.33. The van der Waals surface area contributed by atoms with Gasteiger partial charge in [-0.3, -0.25) is 9.89 Å². The van der Waals surface area contributed by atoms with Crippen LogP contribution in [0.2, 0.25) is 10.4 Å². The van der Waals surface area contributed by atoms with Gasteiger partial charge in [-0.25, -0.2) is 9.97 Å². The zero-order chi connectivity index (χ0) is 14.1. The van der Waals surface area contributed by atoms with Gasteiger partial charge in [0.1, 0.15) is 11.0 Å². The average molecular weight is 308 g/mol. The molecule has 0 radical (unpaired) electrons. The van der Waals surface area contributed by atoms with E-state index >= 15 is 0 Å². The predicted molar refractivity (Wildman–Crippen MR) is 76.1 cm³/mol. The third-order valence-electron chi connectivity index (χ3n) is 2.59. The molecule has 0 aliphatic heterocycles. The van der Waals surface area contributed by atoms with Crippen LogP contribution < -0.4 is 5.32 Å². The van der Waals surface area contributed by atoms with E-state index in [1.807, 2.05) is 18.2 Å². The third-order valence-corrected chi connectivity index (χ3v) is 2.96. The Morgan fingerprint density at radius 3 is 2.80 bits per heavy atom. The Balaban J connectivity index is 1.93. The SMILES string of the molecule is O=C(Nc1cc(Cl)nc(Cl)n1)c1n[nH]c2ccccc12. The number of carbonyl (C=O) groups excluding carboxylic acids is 1. The quantitative estimate of drug-likeness (QED) is 0.563. The van der Waals surface area contributed by atoms with Crippen molar-refractivity contribution in [3.63, 3.8) is 0 Å². The minimum atomic E-state index is -0.409. The molecule has 20 heavy (non-hydrogen) atoms. The zero-order valence-electron chi connectivity index (χ0n) is 9.89. The van der Waals surface area contributed by atoms with Gasteiger partial charge in [0.05, 0.1) is 5.52 Å². The van der Waals surface area contributed by atoms with E-state index in [0.717, 1.165) is 10.9 Å². The van der Waals surface area contributed by atoms with Crippen molar-refractivity contribution in [3.8, 4) is 0 Å². The number of aromatic nitrogens is 4. The molecule has 0 fully saturated rings. The lowest BCUT2D eigenvalue weighted by molar-refractivity contribution is 0.102. The number of fused-ring (bicyclic) bond motifs is 1. The minimum absolute atomic E-state index is 0.0420. The van der Waals surface area contributed by atoms with Crippen molar-refractivity contribution in [2.75, 3.05) is 5.32 Å². The number of anilines is 1. The Morgan fingerprint density at radius 2 is 2.00 bits per heavy atom. The summed E-state index contributed by atoms with van der Waals surface area (Å²) in [7, 11) is 0. The molecule has 0 aliphatic carbocycles. The Bertz CT molecular complexity index is 781. The van der Waals surface area contributed by atoms with Crippen molar-refractivity contribution in [2.24, 2.45) is 0 Å². The first kappa shape index (κ1) is 12.8. The monoisotopic (exact) mass is 307 g/mol. The maximum absolute atomic E-state index is 12.2. The van der Waals surface area contributed by atoms with Gasteiger partial charge < -0.3 is 5.32 Å². The van der Waals surface area contributed by atoms with Crippen LogP contribution >= 0.6 is 23.2 Å². The molecule has 0 bridgehead atoms. The van der Waals surface area contributed by atoms with Crippen LogP contribution in [0.4, 0.5) is 5.82 Å². The summed E-state index contributed by atoms with van der Waals surface area (Å²) in [5, 5.41) is 10.2. The van der Waals surface area contributed by atoms with Gasteiger partial charge in [-0.1, -0.05) is 29.8 Å². The fourth-order valence-electron chi connectivity index (χ4n) is 1.77. The number of nitrogens with one attached hydrogen (secondary N) is 2. The summed E-state index contributed by atoms with van der Waals surface area (Å²) in [5.74, 6) is -0.194. The molecule has 2 N–H and O–H groups in total. The smallest absolute Gasteiger partial charge is 0.277 e. The van der Waals surface area contributed by atoms with Crippen molar-refractivity contribution >= 4 is 45.8 Å². The number of aromatic amines is 1. The van der Waals surface area contributed by atoms with Crippen LogP contribution in [0.15, 0.2) is 30.3 Å². The fourth-order valence-corrected chi connectivity index (χ4v) is 2.17. The number of carbonyl (C=O) groups is 1. The van der Waals surface area contributed by atoms with E-state index in [0.29, 0.717) is 0 Å². The standard InChI is InChI=1S/C12H7Cl2N5O/c13-8-5-9(17-12(14)15-8)16-11(20)10-6-3-1-2-4-7(6)18-19-10/h1-5H,(H,18,19)(H,15,16,17,20). The van der Waals surface area contributed by atoms with Gasteiger partial charge in [-0.15, -0.1) is 0 Å². The lowest BCUT2D eigenvalue weighted by Crippen LogP contribution is -2.14. The Kier molecular flexibility index (Phi) is 3.25. The van der Waals surface area contributed by atoms with Crippen molar-refractivity contribution in [2.45, 2.75) is 0 Å². The van der Waals surface area contributed by atoms with E-state index in [1.165, 1.54) is 6.07 Å². The zero-order valence-corrected chi connectivity index (χ0v) is 11.4. The lowest BCUT2D eigenvalue weighted by atomic mass is 10.2. The van der Waals surface area contributed by atoms with E-state index in [4.69, 9.17) is 23.2 Å².